The van der Waals surface area contributed by atoms with Gasteiger partial charge in [0, 0.05) is 20.3 Å². The Bertz CT molecular complexity index is 329. The highest BCUT2D eigenvalue weighted by Gasteiger charge is 2.48. The number of nitrogens with zero attached hydrogens (tertiary/aromatic N) is 1. The second-order valence-corrected chi connectivity index (χ2v) is 6.50. The first-order chi connectivity index (χ1) is 8.95. The second-order valence-electron chi connectivity index (χ2n) is 6.50. The number of hydrogen-bond acceptors (Lipinski definition) is 3. The summed E-state index contributed by atoms with van der Waals surface area (Å²) in [7, 11) is 1.70. The van der Waals surface area contributed by atoms with Crippen LogP contribution in [0.15, 0.2) is 0 Å². The molecule has 4 heteroatoms. The molecule has 1 saturated heterocycles. The maximum absolute atomic E-state index is 12.6. The van der Waals surface area contributed by atoms with E-state index < -0.39 is 5.60 Å². The Morgan fingerprint density at radius 3 is 2.84 bits per heavy atom. The summed E-state index contributed by atoms with van der Waals surface area (Å²) in [4.78, 5) is 14.6. The third-order valence-corrected chi connectivity index (χ3v) is 4.39. The largest absolute Gasteiger partial charge is 0.385 e. The number of ether oxygens (including phenoxy) is 2. The minimum atomic E-state index is -0.672. The molecule has 110 valence electrons. The predicted octanol–water partition coefficient (Wildman–Crippen LogP) is 2.22. The first kappa shape index (κ1) is 14.8. The van der Waals surface area contributed by atoms with Crippen molar-refractivity contribution in [3.63, 3.8) is 0 Å². The van der Waals surface area contributed by atoms with Gasteiger partial charge in [0.25, 0.3) is 5.91 Å². The Balaban J connectivity index is 2.11. The summed E-state index contributed by atoms with van der Waals surface area (Å²) in [6.07, 6.45) is 4.46. The molecule has 0 spiro atoms. The molecule has 2 fully saturated rings. The van der Waals surface area contributed by atoms with E-state index in [1.807, 2.05) is 13.8 Å². The average molecular weight is 269 g/mol. The Morgan fingerprint density at radius 1 is 1.42 bits per heavy atom. The Hall–Kier alpha value is -0.610. The second kappa shape index (κ2) is 5.80. The normalized spacial score (nSPS) is 34.2. The zero-order chi connectivity index (χ0) is 14.0. The van der Waals surface area contributed by atoms with E-state index in [0.717, 1.165) is 25.8 Å². The van der Waals surface area contributed by atoms with Crippen LogP contribution in [0.5, 0.6) is 0 Å². The molecule has 4 nitrogen and oxygen atoms in total. The van der Waals surface area contributed by atoms with Gasteiger partial charge in [-0.25, -0.2) is 0 Å². The Kier molecular flexibility index (Phi) is 4.51. The number of fused-ring (bicyclic) bond motifs is 1. The molecule has 19 heavy (non-hydrogen) atoms. The summed E-state index contributed by atoms with van der Waals surface area (Å²) in [5.74, 6) is 0.822. The third-order valence-electron chi connectivity index (χ3n) is 4.39. The van der Waals surface area contributed by atoms with Gasteiger partial charge in [0.1, 0.15) is 5.60 Å². The summed E-state index contributed by atoms with van der Waals surface area (Å²) in [6, 6.07) is 0.265. The van der Waals surface area contributed by atoms with Crippen LogP contribution < -0.4 is 0 Å². The Labute approximate surface area is 116 Å². The van der Waals surface area contributed by atoms with Crippen LogP contribution in [-0.2, 0) is 14.3 Å². The molecule has 1 aliphatic carbocycles. The van der Waals surface area contributed by atoms with E-state index in [0.29, 0.717) is 12.5 Å². The molecule has 1 heterocycles. The molecular weight excluding hydrogens is 242 g/mol. The molecule has 0 N–H and O–H groups in total. The van der Waals surface area contributed by atoms with Gasteiger partial charge >= 0.3 is 0 Å². The lowest BCUT2D eigenvalue weighted by Gasteiger charge is -2.50. The minimum absolute atomic E-state index is 0.138. The molecular formula is C15H27NO3. The molecule has 2 rings (SSSR count). The lowest BCUT2D eigenvalue weighted by molar-refractivity contribution is -0.198. The number of methoxy groups -OCH3 is 1. The van der Waals surface area contributed by atoms with Gasteiger partial charge < -0.3 is 14.4 Å². The van der Waals surface area contributed by atoms with Crippen molar-refractivity contribution in [1.82, 2.24) is 4.90 Å². The first-order valence-electron chi connectivity index (χ1n) is 7.43. The van der Waals surface area contributed by atoms with E-state index in [2.05, 4.69) is 11.8 Å². The number of hydrogen-bond donors (Lipinski definition) is 0. The average Bonchev–Trinajstić information content (AvgIpc) is 2.35. The lowest BCUT2D eigenvalue weighted by Crippen LogP contribution is -2.63. The van der Waals surface area contributed by atoms with Crippen LogP contribution in [-0.4, -0.2) is 48.8 Å². The quantitative estimate of drug-likeness (QED) is 0.735. The van der Waals surface area contributed by atoms with Crippen molar-refractivity contribution in [2.24, 2.45) is 5.92 Å². The fourth-order valence-electron chi connectivity index (χ4n) is 3.36. The van der Waals surface area contributed by atoms with E-state index >= 15 is 0 Å². The van der Waals surface area contributed by atoms with Crippen molar-refractivity contribution in [2.75, 3.05) is 20.3 Å². The van der Waals surface area contributed by atoms with Gasteiger partial charge in [-0.15, -0.1) is 0 Å². The zero-order valence-corrected chi connectivity index (χ0v) is 12.6. The fraction of sp³-hybridized carbons (Fsp3) is 0.933. The van der Waals surface area contributed by atoms with Crippen molar-refractivity contribution in [2.45, 2.75) is 64.2 Å². The van der Waals surface area contributed by atoms with Crippen LogP contribution in [0, 0.1) is 5.92 Å². The van der Waals surface area contributed by atoms with Crippen molar-refractivity contribution in [3.05, 3.63) is 0 Å². The molecule has 1 unspecified atom stereocenters. The van der Waals surface area contributed by atoms with Crippen LogP contribution in [0.1, 0.15) is 46.5 Å². The van der Waals surface area contributed by atoms with Crippen LogP contribution in [0.2, 0.25) is 0 Å². The minimum Gasteiger partial charge on any atom is -0.385 e. The predicted molar refractivity (Wildman–Crippen MR) is 74.0 cm³/mol. The molecule has 1 amide bonds. The monoisotopic (exact) mass is 269 g/mol. The molecule has 2 aliphatic rings. The number of morpholine rings is 1. The van der Waals surface area contributed by atoms with Crippen LogP contribution in [0.3, 0.4) is 0 Å². The number of rotatable bonds is 4. The zero-order valence-electron chi connectivity index (χ0n) is 12.6. The molecule has 1 saturated carbocycles. The van der Waals surface area contributed by atoms with Gasteiger partial charge in [-0.2, -0.15) is 0 Å². The summed E-state index contributed by atoms with van der Waals surface area (Å²) in [5, 5.41) is 0. The van der Waals surface area contributed by atoms with Crippen LogP contribution in [0.25, 0.3) is 0 Å². The van der Waals surface area contributed by atoms with Crippen LogP contribution >= 0.6 is 0 Å². The van der Waals surface area contributed by atoms with Crippen LogP contribution in [0.4, 0.5) is 0 Å². The van der Waals surface area contributed by atoms with Crippen molar-refractivity contribution < 1.29 is 14.3 Å². The molecule has 0 aromatic rings. The maximum Gasteiger partial charge on any atom is 0.254 e. The number of carbonyl (C=O) groups excluding carboxylic acids is 1. The third kappa shape index (κ3) is 3.11. The van der Waals surface area contributed by atoms with E-state index in [1.54, 1.807) is 7.11 Å². The summed E-state index contributed by atoms with van der Waals surface area (Å²) in [6.45, 7) is 7.55. The summed E-state index contributed by atoms with van der Waals surface area (Å²) >= 11 is 0. The van der Waals surface area contributed by atoms with E-state index in [1.165, 1.54) is 6.42 Å². The molecule has 0 radical (unpaired) electrons. The lowest BCUT2D eigenvalue weighted by atomic mass is 9.81. The van der Waals surface area contributed by atoms with Crippen molar-refractivity contribution in [3.8, 4) is 0 Å². The molecule has 3 atom stereocenters. The molecule has 0 aromatic carbocycles. The van der Waals surface area contributed by atoms with Gasteiger partial charge in [-0.3, -0.25) is 4.79 Å². The van der Waals surface area contributed by atoms with Crippen molar-refractivity contribution >= 4 is 5.91 Å². The first-order valence-corrected chi connectivity index (χ1v) is 7.43. The molecule has 1 aliphatic heterocycles. The molecule has 0 aromatic heterocycles. The van der Waals surface area contributed by atoms with Gasteiger partial charge in [0.15, 0.2) is 0 Å². The van der Waals surface area contributed by atoms with Crippen molar-refractivity contribution in [1.29, 1.82) is 0 Å². The maximum atomic E-state index is 12.6. The standard InChI is InChI=1S/C15H27NO3/c1-11-6-7-13-12(10-11)16(8-5-9-18-4)14(17)15(2,3)19-13/h11-13H,5-10H2,1-4H3/t11-,12?,13+/m1/s1. The smallest absolute Gasteiger partial charge is 0.254 e. The number of carbonyl (C=O) groups is 1. The van der Waals surface area contributed by atoms with Gasteiger partial charge in [-0.1, -0.05) is 6.92 Å². The Morgan fingerprint density at radius 2 is 2.16 bits per heavy atom. The highest BCUT2D eigenvalue weighted by Crippen LogP contribution is 2.37. The highest BCUT2D eigenvalue weighted by atomic mass is 16.5. The SMILES string of the molecule is COCCCN1C(=O)C(C)(C)O[C@H]2CC[C@@H](C)CC21. The van der Waals surface area contributed by atoms with E-state index in [9.17, 15) is 4.79 Å². The van der Waals surface area contributed by atoms with Gasteiger partial charge in [0.05, 0.1) is 12.1 Å². The highest BCUT2D eigenvalue weighted by molar-refractivity contribution is 5.85. The summed E-state index contributed by atoms with van der Waals surface area (Å²) < 4.78 is 11.2. The summed E-state index contributed by atoms with van der Waals surface area (Å²) in [5.41, 5.74) is -0.672. The van der Waals surface area contributed by atoms with E-state index in [-0.39, 0.29) is 18.1 Å². The fourth-order valence-corrected chi connectivity index (χ4v) is 3.36. The number of amides is 1. The van der Waals surface area contributed by atoms with E-state index in [4.69, 9.17) is 9.47 Å². The van der Waals surface area contributed by atoms with Gasteiger partial charge in [0.2, 0.25) is 0 Å². The molecule has 0 bridgehead atoms. The topological polar surface area (TPSA) is 38.8 Å². The van der Waals surface area contributed by atoms with Gasteiger partial charge in [-0.05, 0) is 45.4 Å².